The molecule has 0 atom stereocenters. The molecule has 1 aliphatic carbocycles. The summed E-state index contributed by atoms with van der Waals surface area (Å²) in [6.45, 7) is 8.48. The maximum atomic E-state index is 13.0. The topological polar surface area (TPSA) is 85.5 Å². The molecule has 4 aromatic rings. The van der Waals surface area contributed by atoms with Gasteiger partial charge in [0.15, 0.2) is 0 Å². The highest BCUT2D eigenvalue weighted by Crippen LogP contribution is 2.44. The van der Waals surface area contributed by atoms with Crippen molar-refractivity contribution in [1.29, 1.82) is 0 Å². The number of alkyl carbamates (subject to hydrolysis) is 1. The summed E-state index contributed by atoms with van der Waals surface area (Å²) in [4.78, 5) is 13.0. The lowest BCUT2D eigenvalue weighted by Crippen LogP contribution is -2.41. The van der Waals surface area contributed by atoms with Gasteiger partial charge in [0.2, 0.25) is 0 Å². The molecule has 0 saturated carbocycles. The molecule has 2 N–H and O–H groups in total. The first kappa shape index (κ1) is 25.4. The van der Waals surface area contributed by atoms with Crippen LogP contribution in [0.25, 0.3) is 28.1 Å². The molecule has 1 aromatic heterocycles. The summed E-state index contributed by atoms with van der Waals surface area (Å²) in [5.41, 5.74) is 6.15. The number of hydrogen-bond donors (Lipinski definition) is 2. The van der Waals surface area contributed by atoms with E-state index in [1.54, 1.807) is 0 Å². The molecule has 0 spiro atoms. The molecule has 0 radical (unpaired) electrons. The average Bonchev–Trinajstić information content (AvgIpc) is 3.54. The molecular formula is C31H32BN3O4. The maximum Gasteiger partial charge on any atom is 0.492 e. The van der Waals surface area contributed by atoms with Gasteiger partial charge in [-0.25, -0.2) is 4.79 Å². The minimum absolute atomic E-state index is 0.00221. The molecule has 6 rings (SSSR count). The van der Waals surface area contributed by atoms with E-state index in [1.165, 1.54) is 22.3 Å². The fourth-order valence-corrected chi connectivity index (χ4v) is 5.30. The van der Waals surface area contributed by atoms with Crippen molar-refractivity contribution in [2.75, 3.05) is 13.2 Å². The van der Waals surface area contributed by atoms with Gasteiger partial charge in [0.25, 0.3) is 0 Å². The van der Waals surface area contributed by atoms with Gasteiger partial charge in [0, 0.05) is 17.8 Å². The smallest absolute Gasteiger partial charge is 0.449 e. The van der Waals surface area contributed by atoms with Crippen LogP contribution in [0.3, 0.4) is 0 Å². The molecule has 2 heterocycles. The highest BCUT2D eigenvalue weighted by molar-refractivity contribution is 6.56. The lowest BCUT2D eigenvalue weighted by molar-refractivity contribution is 0.00578. The van der Waals surface area contributed by atoms with Crippen LogP contribution in [0.1, 0.15) is 50.4 Å². The van der Waals surface area contributed by atoms with E-state index in [1.807, 2.05) is 82.3 Å². The monoisotopic (exact) mass is 521 g/mol. The molecule has 39 heavy (non-hydrogen) atoms. The maximum absolute atomic E-state index is 13.0. The number of carbonyl (C=O) groups excluding carboxylic acids is 1. The summed E-state index contributed by atoms with van der Waals surface area (Å²) in [6, 6.07) is 24.5. The Morgan fingerprint density at radius 1 is 0.949 bits per heavy atom. The number of nitrogens with zero attached hydrogens (tertiary/aromatic N) is 1. The summed E-state index contributed by atoms with van der Waals surface area (Å²) in [7, 11) is -0.633. The Morgan fingerprint density at radius 3 is 2.21 bits per heavy atom. The molecule has 0 unspecified atom stereocenters. The molecule has 3 aromatic carbocycles. The number of nitrogens with one attached hydrogen (secondary N) is 2. The van der Waals surface area contributed by atoms with E-state index in [2.05, 4.69) is 39.8 Å². The lowest BCUT2D eigenvalue weighted by Gasteiger charge is -2.32. The Morgan fingerprint density at radius 2 is 1.54 bits per heavy atom. The van der Waals surface area contributed by atoms with Crippen LogP contribution in [0, 0.1) is 0 Å². The molecule has 198 valence electrons. The predicted octanol–water partition coefficient (Wildman–Crippen LogP) is 6.12. The highest BCUT2D eigenvalue weighted by Gasteiger charge is 2.52. The van der Waals surface area contributed by atoms with Gasteiger partial charge in [-0.3, -0.25) is 5.10 Å². The third-order valence-electron chi connectivity index (χ3n) is 8.16. The Labute approximate surface area is 228 Å². The van der Waals surface area contributed by atoms with Crippen molar-refractivity contribution in [1.82, 2.24) is 15.5 Å². The van der Waals surface area contributed by atoms with Gasteiger partial charge < -0.3 is 19.4 Å². The minimum atomic E-state index is -0.633. The summed E-state index contributed by atoms with van der Waals surface area (Å²) >= 11 is 0. The average molecular weight is 521 g/mol. The number of carbonyl (C=O) groups is 1. The quantitative estimate of drug-likeness (QED) is 0.299. The summed E-state index contributed by atoms with van der Waals surface area (Å²) in [6.07, 6.45) is 1.45. The number of aromatic nitrogens is 2. The molecular weight excluding hydrogens is 489 g/mol. The minimum Gasteiger partial charge on any atom is -0.449 e. The molecule has 7 nitrogen and oxygen atoms in total. The Kier molecular flexibility index (Phi) is 6.32. The molecule has 1 saturated heterocycles. The molecule has 1 fully saturated rings. The van der Waals surface area contributed by atoms with Gasteiger partial charge in [-0.1, -0.05) is 66.7 Å². The van der Waals surface area contributed by atoms with Crippen molar-refractivity contribution in [2.24, 2.45) is 0 Å². The number of aromatic amines is 1. The zero-order valence-corrected chi connectivity index (χ0v) is 22.7. The van der Waals surface area contributed by atoms with Crippen LogP contribution in [-0.2, 0) is 14.0 Å². The normalized spacial score (nSPS) is 17.7. The first-order chi connectivity index (χ1) is 18.7. The fraction of sp³-hybridized carbons (Fsp3) is 0.290. The summed E-state index contributed by atoms with van der Waals surface area (Å²) < 4.78 is 18.4. The third-order valence-corrected chi connectivity index (χ3v) is 8.16. The van der Waals surface area contributed by atoms with Crippen molar-refractivity contribution in [2.45, 2.75) is 44.8 Å². The van der Waals surface area contributed by atoms with E-state index in [-0.39, 0.29) is 19.1 Å². The van der Waals surface area contributed by atoms with Gasteiger partial charge >= 0.3 is 13.2 Å². The predicted molar refractivity (Wildman–Crippen MR) is 153 cm³/mol. The van der Waals surface area contributed by atoms with Crippen LogP contribution < -0.4 is 5.32 Å². The van der Waals surface area contributed by atoms with Gasteiger partial charge in [-0.05, 0) is 67.6 Å². The number of para-hydroxylation sites is 1. The fourth-order valence-electron chi connectivity index (χ4n) is 5.30. The molecule has 0 bridgehead atoms. The molecule has 8 heteroatoms. The summed E-state index contributed by atoms with van der Waals surface area (Å²) in [5, 5.41) is 11.4. The van der Waals surface area contributed by atoms with Crippen LogP contribution in [0.15, 0.2) is 78.3 Å². The Balaban J connectivity index is 1.19. The number of benzene rings is 3. The highest BCUT2D eigenvalue weighted by atomic mass is 16.7. The zero-order chi connectivity index (χ0) is 27.2. The van der Waals surface area contributed by atoms with E-state index in [0.29, 0.717) is 0 Å². The third kappa shape index (κ3) is 4.64. The Bertz CT molecular complexity index is 1510. The number of H-pyrrole nitrogens is 1. The van der Waals surface area contributed by atoms with Crippen LogP contribution in [0.5, 0.6) is 0 Å². The van der Waals surface area contributed by atoms with Crippen LogP contribution in [-0.4, -0.2) is 47.8 Å². The second-order valence-electron chi connectivity index (χ2n) is 11.1. The first-order valence-electron chi connectivity index (χ1n) is 13.3. The SMILES string of the molecule is CC1(C)OB(C(=Cc2[nH]nc3ccccc23)CNC(=O)OCC2c3ccccc3-c3ccccc32)OC1(C)C. The van der Waals surface area contributed by atoms with Crippen molar-refractivity contribution >= 4 is 30.2 Å². The second kappa shape index (κ2) is 9.70. The molecule has 2 aliphatic rings. The number of rotatable bonds is 6. The second-order valence-corrected chi connectivity index (χ2v) is 11.1. The van der Waals surface area contributed by atoms with Crippen molar-refractivity contribution in [3.63, 3.8) is 0 Å². The Hall–Kier alpha value is -3.88. The largest absolute Gasteiger partial charge is 0.492 e. The van der Waals surface area contributed by atoms with E-state index in [0.717, 1.165) is 22.1 Å². The van der Waals surface area contributed by atoms with Crippen LogP contribution >= 0.6 is 0 Å². The van der Waals surface area contributed by atoms with Gasteiger partial charge in [-0.2, -0.15) is 5.10 Å². The number of amides is 1. The first-order valence-corrected chi connectivity index (χ1v) is 13.3. The van der Waals surface area contributed by atoms with E-state index in [4.69, 9.17) is 14.0 Å². The standard InChI is InChI=1S/C31H32BN3O4/c1-30(2)31(3,4)39-32(38-30)20(17-28-25-15-9-10-16-27(25)34-35-28)18-33-29(36)37-19-26-23-13-7-5-11-21(23)22-12-6-8-14-24(22)26/h5-17,26H,18-19H2,1-4H3,(H,33,36)(H,34,35). The van der Waals surface area contributed by atoms with Gasteiger partial charge in [0.1, 0.15) is 6.61 Å². The van der Waals surface area contributed by atoms with Crippen molar-refractivity contribution in [3.8, 4) is 11.1 Å². The molecule has 1 amide bonds. The van der Waals surface area contributed by atoms with E-state index < -0.39 is 24.4 Å². The van der Waals surface area contributed by atoms with Gasteiger partial charge in [0.05, 0.1) is 22.4 Å². The lowest BCUT2D eigenvalue weighted by atomic mass is 9.77. The van der Waals surface area contributed by atoms with Crippen LogP contribution in [0.4, 0.5) is 4.79 Å². The number of fused-ring (bicyclic) bond motifs is 4. The van der Waals surface area contributed by atoms with Crippen molar-refractivity contribution < 1.29 is 18.8 Å². The number of ether oxygens (including phenoxy) is 1. The van der Waals surface area contributed by atoms with Crippen molar-refractivity contribution in [3.05, 3.63) is 95.1 Å². The summed E-state index contributed by atoms with van der Waals surface area (Å²) in [5.74, 6) is -0.00221. The van der Waals surface area contributed by atoms with Gasteiger partial charge in [-0.15, -0.1) is 0 Å². The van der Waals surface area contributed by atoms with E-state index >= 15 is 0 Å². The van der Waals surface area contributed by atoms with E-state index in [9.17, 15) is 4.79 Å². The zero-order valence-electron chi connectivity index (χ0n) is 22.7. The number of hydrogen-bond acceptors (Lipinski definition) is 5. The van der Waals surface area contributed by atoms with Crippen LogP contribution in [0.2, 0.25) is 0 Å². The molecule has 1 aliphatic heterocycles.